The number of aromatic nitrogens is 2. The van der Waals surface area contributed by atoms with Crippen LogP contribution in [0.3, 0.4) is 0 Å². The lowest BCUT2D eigenvalue weighted by atomic mass is 9.78. The first-order chi connectivity index (χ1) is 12.4. The maximum absolute atomic E-state index is 13.0. The van der Waals surface area contributed by atoms with Crippen LogP contribution in [0.4, 0.5) is 5.95 Å². The molecule has 0 bridgehead atoms. The summed E-state index contributed by atoms with van der Waals surface area (Å²) in [7, 11) is 3.71. The van der Waals surface area contributed by atoms with E-state index in [0.29, 0.717) is 49.8 Å². The van der Waals surface area contributed by atoms with Crippen LogP contribution in [0, 0.1) is 12.3 Å². The molecule has 26 heavy (non-hydrogen) atoms. The summed E-state index contributed by atoms with van der Waals surface area (Å²) in [6, 6.07) is 0. The Labute approximate surface area is 153 Å². The molecule has 0 radical (unpaired) electrons. The number of carbonyl (C=O) groups is 2. The van der Waals surface area contributed by atoms with Crippen LogP contribution in [-0.2, 0) is 4.79 Å². The van der Waals surface area contributed by atoms with Crippen molar-refractivity contribution in [1.82, 2.24) is 19.8 Å². The first-order valence-corrected chi connectivity index (χ1v) is 9.08. The third kappa shape index (κ3) is 3.25. The predicted octanol–water partition coefficient (Wildman–Crippen LogP) is 0.298. The number of amides is 2. The van der Waals surface area contributed by atoms with Gasteiger partial charge in [0.1, 0.15) is 0 Å². The van der Waals surface area contributed by atoms with E-state index in [1.807, 2.05) is 21.0 Å². The van der Waals surface area contributed by atoms with E-state index in [1.54, 1.807) is 20.9 Å². The van der Waals surface area contributed by atoms with Crippen molar-refractivity contribution in [3.8, 4) is 0 Å². The number of aliphatic hydroxyl groups is 1. The van der Waals surface area contributed by atoms with Gasteiger partial charge in [-0.3, -0.25) is 9.59 Å². The first-order valence-electron chi connectivity index (χ1n) is 9.08. The molecule has 2 aliphatic heterocycles. The molecule has 2 aliphatic rings. The van der Waals surface area contributed by atoms with Crippen LogP contribution >= 0.6 is 0 Å². The number of nitrogens with zero attached hydrogens (tertiary/aromatic N) is 5. The molecule has 0 aromatic carbocycles. The number of aryl methyl sites for hydroxylation is 1. The van der Waals surface area contributed by atoms with Crippen molar-refractivity contribution in [3.05, 3.63) is 17.5 Å². The summed E-state index contributed by atoms with van der Waals surface area (Å²) in [6.07, 6.45) is 3.96. The molecule has 142 valence electrons. The minimum atomic E-state index is -0.499. The molecule has 1 aromatic heterocycles. The highest BCUT2D eigenvalue weighted by Gasteiger charge is 2.49. The normalized spacial score (nSPS) is 23.0. The molecule has 2 fully saturated rings. The van der Waals surface area contributed by atoms with E-state index in [-0.39, 0.29) is 18.4 Å². The summed E-state index contributed by atoms with van der Waals surface area (Å²) in [5.41, 5.74) is 0.635. The molecule has 3 heterocycles. The van der Waals surface area contributed by atoms with Crippen molar-refractivity contribution in [3.63, 3.8) is 0 Å². The van der Waals surface area contributed by atoms with Gasteiger partial charge in [0.15, 0.2) is 0 Å². The molecule has 2 amide bonds. The van der Waals surface area contributed by atoms with Crippen LogP contribution in [0.25, 0.3) is 0 Å². The van der Waals surface area contributed by atoms with Gasteiger partial charge in [0.25, 0.3) is 5.91 Å². The fourth-order valence-corrected chi connectivity index (χ4v) is 3.96. The minimum absolute atomic E-state index is 0.0285. The van der Waals surface area contributed by atoms with Gasteiger partial charge >= 0.3 is 0 Å². The minimum Gasteiger partial charge on any atom is -0.395 e. The molecule has 1 atom stereocenters. The van der Waals surface area contributed by atoms with E-state index in [4.69, 9.17) is 0 Å². The van der Waals surface area contributed by atoms with Gasteiger partial charge in [0.2, 0.25) is 11.9 Å². The highest BCUT2D eigenvalue weighted by Crippen LogP contribution is 2.40. The summed E-state index contributed by atoms with van der Waals surface area (Å²) in [4.78, 5) is 39.7. The van der Waals surface area contributed by atoms with Crippen LogP contribution in [0.15, 0.2) is 6.20 Å². The monoisotopic (exact) mass is 361 g/mol. The Bertz CT molecular complexity index is 706. The summed E-state index contributed by atoms with van der Waals surface area (Å²) < 4.78 is 0. The van der Waals surface area contributed by atoms with E-state index >= 15 is 0 Å². The van der Waals surface area contributed by atoms with Crippen molar-refractivity contribution < 1.29 is 14.7 Å². The van der Waals surface area contributed by atoms with Crippen LogP contribution in [-0.4, -0.2) is 83.6 Å². The number of hydrogen-bond donors (Lipinski definition) is 1. The van der Waals surface area contributed by atoms with Gasteiger partial charge < -0.3 is 19.8 Å². The van der Waals surface area contributed by atoms with Gasteiger partial charge in [-0.2, -0.15) is 0 Å². The van der Waals surface area contributed by atoms with Crippen molar-refractivity contribution in [2.45, 2.75) is 26.2 Å². The van der Waals surface area contributed by atoms with Crippen LogP contribution in [0.1, 0.15) is 35.3 Å². The molecule has 3 rings (SSSR count). The SMILES string of the molecule is Cc1nc(N(C)C)ncc1C(=O)N1CCC2(CCCN(CCO)C2=O)C1. The standard InChI is InChI=1S/C18H27N5O3/c1-13-14(11-19-17(20-13)21(2)3)15(25)23-8-6-18(12-23)5-4-7-22(9-10-24)16(18)26/h11,24H,4-10,12H2,1-3H3. The van der Waals surface area contributed by atoms with Crippen LogP contribution in [0.5, 0.6) is 0 Å². The number of rotatable bonds is 4. The molecule has 8 nitrogen and oxygen atoms in total. The molecule has 1 spiro atoms. The van der Waals surface area contributed by atoms with Crippen molar-refractivity contribution >= 4 is 17.8 Å². The van der Waals surface area contributed by atoms with Crippen molar-refractivity contribution in [2.75, 3.05) is 51.8 Å². The molecular weight excluding hydrogens is 334 g/mol. The maximum atomic E-state index is 13.0. The average molecular weight is 361 g/mol. The zero-order chi connectivity index (χ0) is 18.9. The summed E-state index contributed by atoms with van der Waals surface area (Å²) in [6.45, 7) is 3.83. The summed E-state index contributed by atoms with van der Waals surface area (Å²) >= 11 is 0. The van der Waals surface area contributed by atoms with E-state index in [1.165, 1.54) is 0 Å². The Morgan fingerprint density at radius 1 is 1.35 bits per heavy atom. The topological polar surface area (TPSA) is 89.9 Å². The summed E-state index contributed by atoms with van der Waals surface area (Å²) in [5, 5.41) is 9.17. The fraction of sp³-hybridized carbons (Fsp3) is 0.667. The van der Waals surface area contributed by atoms with Gasteiger partial charge in [0.05, 0.1) is 23.3 Å². The number of carbonyl (C=O) groups excluding carboxylic acids is 2. The van der Waals surface area contributed by atoms with Crippen LogP contribution < -0.4 is 4.90 Å². The zero-order valence-electron chi connectivity index (χ0n) is 15.7. The predicted molar refractivity (Wildman–Crippen MR) is 96.9 cm³/mol. The number of hydrogen-bond acceptors (Lipinski definition) is 6. The van der Waals surface area contributed by atoms with Gasteiger partial charge in [-0.15, -0.1) is 0 Å². The third-order valence-electron chi connectivity index (χ3n) is 5.43. The number of aliphatic hydroxyl groups excluding tert-OH is 1. The van der Waals surface area contributed by atoms with E-state index in [9.17, 15) is 14.7 Å². The molecule has 1 aromatic rings. The molecule has 2 saturated heterocycles. The van der Waals surface area contributed by atoms with E-state index in [0.717, 1.165) is 12.8 Å². The van der Waals surface area contributed by atoms with E-state index in [2.05, 4.69) is 9.97 Å². The molecule has 1 N–H and O–H groups in total. The quantitative estimate of drug-likeness (QED) is 0.830. The second-order valence-electron chi connectivity index (χ2n) is 7.44. The van der Waals surface area contributed by atoms with Gasteiger partial charge in [0, 0.05) is 46.5 Å². The largest absolute Gasteiger partial charge is 0.395 e. The smallest absolute Gasteiger partial charge is 0.257 e. The first kappa shape index (κ1) is 18.6. The molecular formula is C18H27N5O3. The average Bonchev–Trinajstić information content (AvgIpc) is 3.04. The molecule has 8 heteroatoms. The second kappa shape index (κ2) is 7.19. The lowest BCUT2D eigenvalue weighted by Gasteiger charge is -2.39. The van der Waals surface area contributed by atoms with E-state index < -0.39 is 5.41 Å². The number of piperidine rings is 1. The maximum Gasteiger partial charge on any atom is 0.257 e. The Balaban J connectivity index is 1.76. The number of anilines is 1. The Hall–Kier alpha value is -2.22. The van der Waals surface area contributed by atoms with Crippen molar-refractivity contribution in [2.24, 2.45) is 5.41 Å². The zero-order valence-corrected chi connectivity index (χ0v) is 15.7. The number of β-amino-alcohol motifs (C(OH)–C–C–N with tert-alkyl or cyclic N) is 1. The second-order valence-corrected chi connectivity index (χ2v) is 7.44. The number of likely N-dealkylation sites (tertiary alicyclic amines) is 2. The Morgan fingerprint density at radius 2 is 2.12 bits per heavy atom. The highest BCUT2D eigenvalue weighted by molar-refractivity contribution is 5.96. The van der Waals surface area contributed by atoms with Gasteiger partial charge in [-0.1, -0.05) is 0 Å². The fourth-order valence-electron chi connectivity index (χ4n) is 3.96. The van der Waals surface area contributed by atoms with Gasteiger partial charge in [-0.05, 0) is 26.2 Å². The van der Waals surface area contributed by atoms with Gasteiger partial charge in [-0.25, -0.2) is 9.97 Å². The molecule has 0 saturated carbocycles. The molecule has 1 unspecified atom stereocenters. The Morgan fingerprint density at radius 3 is 2.77 bits per heavy atom. The van der Waals surface area contributed by atoms with Crippen LogP contribution in [0.2, 0.25) is 0 Å². The lowest BCUT2D eigenvalue weighted by Crippen LogP contribution is -2.51. The third-order valence-corrected chi connectivity index (χ3v) is 5.43. The Kier molecular flexibility index (Phi) is 5.13. The highest BCUT2D eigenvalue weighted by atomic mass is 16.3. The molecule has 0 aliphatic carbocycles. The summed E-state index contributed by atoms with van der Waals surface area (Å²) in [5.74, 6) is 0.528. The lowest BCUT2D eigenvalue weighted by molar-refractivity contribution is -0.146. The van der Waals surface area contributed by atoms with Crippen molar-refractivity contribution in [1.29, 1.82) is 0 Å².